The van der Waals surface area contributed by atoms with Crippen LogP contribution in [0, 0.1) is 18.3 Å². The lowest BCUT2D eigenvalue weighted by atomic mass is 10.1. The van der Waals surface area contributed by atoms with E-state index >= 15 is 0 Å². The maximum Gasteiger partial charge on any atom is 0.253 e. The summed E-state index contributed by atoms with van der Waals surface area (Å²) in [4.78, 5) is 16.3. The van der Waals surface area contributed by atoms with Gasteiger partial charge in [-0.1, -0.05) is 15.9 Å². The third-order valence-corrected chi connectivity index (χ3v) is 4.25. The number of carbonyl (C=O) groups excluding carboxylic acids is 1. The van der Waals surface area contributed by atoms with Crippen molar-refractivity contribution in [1.82, 2.24) is 9.80 Å². The lowest BCUT2D eigenvalue weighted by Gasteiger charge is -2.33. The van der Waals surface area contributed by atoms with Crippen LogP contribution in [0.25, 0.3) is 0 Å². The zero-order chi connectivity index (χ0) is 13.8. The van der Waals surface area contributed by atoms with Gasteiger partial charge in [0.25, 0.3) is 5.91 Å². The quantitative estimate of drug-likeness (QED) is 0.783. The Morgan fingerprint density at radius 3 is 2.63 bits per heavy atom. The third kappa shape index (κ3) is 3.34. The Labute approximate surface area is 121 Å². The molecule has 1 aromatic carbocycles. The van der Waals surface area contributed by atoms with Crippen LogP contribution in [0.1, 0.15) is 15.9 Å². The Kier molecular flexibility index (Phi) is 4.56. The largest absolute Gasteiger partial charge is 0.336 e. The number of carbonyl (C=O) groups is 1. The number of nitrogens with zero attached hydrogens (tertiary/aromatic N) is 3. The second-order valence-corrected chi connectivity index (χ2v) is 5.54. The molecule has 1 saturated heterocycles. The van der Waals surface area contributed by atoms with Crippen molar-refractivity contribution in [3.63, 3.8) is 0 Å². The molecule has 0 saturated carbocycles. The van der Waals surface area contributed by atoms with Gasteiger partial charge in [-0.3, -0.25) is 9.69 Å². The summed E-state index contributed by atoms with van der Waals surface area (Å²) in [6.45, 7) is 5.35. The molecule has 100 valence electrons. The fourth-order valence-electron chi connectivity index (χ4n) is 2.17. The molecule has 1 aromatic rings. The van der Waals surface area contributed by atoms with Gasteiger partial charge >= 0.3 is 0 Å². The van der Waals surface area contributed by atoms with Crippen LogP contribution >= 0.6 is 15.9 Å². The summed E-state index contributed by atoms with van der Waals surface area (Å²) in [5, 5.41) is 8.65. The van der Waals surface area contributed by atoms with Crippen molar-refractivity contribution in [2.75, 3.05) is 32.7 Å². The summed E-state index contributed by atoms with van der Waals surface area (Å²) < 4.78 is 1.02. The van der Waals surface area contributed by atoms with Gasteiger partial charge in [-0.2, -0.15) is 5.26 Å². The van der Waals surface area contributed by atoms with Crippen molar-refractivity contribution in [2.45, 2.75) is 6.92 Å². The van der Waals surface area contributed by atoms with Crippen LogP contribution in [0.4, 0.5) is 0 Å². The molecule has 1 aliphatic rings. The normalized spacial score (nSPS) is 16.2. The van der Waals surface area contributed by atoms with Crippen molar-refractivity contribution in [3.05, 3.63) is 33.8 Å². The first kappa shape index (κ1) is 14.0. The van der Waals surface area contributed by atoms with Crippen LogP contribution < -0.4 is 0 Å². The first-order valence-electron chi connectivity index (χ1n) is 6.26. The van der Waals surface area contributed by atoms with E-state index in [2.05, 4.69) is 26.9 Å². The van der Waals surface area contributed by atoms with Crippen molar-refractivity contribution in [3.8, 4) is 6.07 Å². The number of aryl methyl sites for hydroxylation is 1. The highest BCUT2D eigenvalue weighted by Gasteiger charge is 2.21. The topological polar surface area (TPSA) is 47.3 Å². The fraction of sp³-hybridized carbons (Fsp3) is 0.429. The average molecular weight is 322 g/mol. The minimum atomic E-state index is 0.0761. The standard InChI is InChI=1S/C14H16BrN3O/c1-11-10-12(2-3-13(11)15)14(19)18-8-6-17(5-4-16)7-9-18/h2-3,10H,5-9H2,1H3. The summed E-state index contributed by atoms with van der Waals surface area (Å²) in [6.07, 6.45) is 0. The first-order valence-corrected chi connectivity index (χ1v) is 7.06. The number of halogens is 1. The highest BCUT2D eigenvalue weighted by Crippen LogP contribution is 2.18. The predicted molar refractivity (Wildman–Crippen MR) is 76.8 cm³/mol. The highest BCUT2D eigenvalue weighted by atomic mass is 79.9. The molecule has 2 rings (SSSR count). The molecule has 0 atom stereocenters. The number of rotatable bonds is 2. The number of hydrogen-bond donors (Lipinski definition) is 0. The van der Waals surface area contributed by atoms with Crippen LogP contribution in [0.15, 0.2) is 22.7 Å². The lowest BCUT2D eigenvalue weighted by molar-refractivity contribution is 0.0651. The molecule has 4 nitrogen and oxygen atoms in total. The Hall–Kier alpha value is -1.38. The molecular formula is C14H16BrN3O. The zero-order valence-electron chi connectivity index (χ0n) is 10.9. The Morgan fingerprint density at radius 1 is 1.37 bits per heavy atom. The van der Waals surface area contributed by atoms with E-state index in [4.69, 9.17) is 5.26 Å². The Bertz CT molecular complexity index is 516. The summed E-state index contributed by atoms with van der Waals surface area (Å²) in [6, 6.07) is 7.81. The van der Waals surface area contributed by atoms with E-state index in [1.165, 1.54) is 0 Å². The summed E-state index contributed by atoms with van der Waals surface area (Å²) in [7, 11) is 0. The van der Waals surface area contributed by atoms with Gasteiger partial charge < -0.3 is 4.90 Å². The van der Waals surface area contributed by atoms with Crippen molar-refractivity contribution in [1.29, 1.82) is 5.26 Å². The van der Waals surface area contributed by atoms with Crippen molar-refractivity contribution in [2.24, 2.45) is 0 Å². The van der Waals surface area contributed by atoms with Crippen LogP contribution in [0.2, 0.25) is 0 Å². The van der Waals surface area contributed by atoms with Crippen molar-refractivity contribution < 1.29 is 4.79 Å². The molecule has 19 heavy (non-hydrogen) atoms. The first-order chi connectivity index (χ1) is 9.11. The van der Waals surface area contributed by atoms with Gasteiger partial charge in [-0.15, -0.1) is 0 Å². The van der Waals surface area contributed by atoms with Gasteiger partial charge in [0, 0.05) is 36.2 Å². The molecule has 0 unspecified atom stereocenters. The highest BCUT2D eigenvalue weighted by molar-refractivity contribution is 9.10. The van der Waals surface area contributed by atoms with Gasteiger partial charge in [0.1, 0.15) is 0 Å². The summed E-state index contributed by atoms with van der Waals surface area (Å²) in [5.41, 5.74) is 1.79. The predicted octanol–water partition coefficient (Wildman–Crippen LogP) is 2.04. The van der Waals surface area contributed by atoms with E-state index in [0.29, 0.717) is 19.6 Å². The molecule has 0 N–H and O–H groups in total. The van der Waals surface area contributed by atoms with Gasteiger partial charge in [0.05, 0.1) is 12.6 Å². The van der Waals surface area contributed by atoms with Gasteiger partial charge in [-0.25, -0.2) is 0 Å². The number of amides is 1. The maximum atomic E-state index is 12.4. The molecule has 0 aromatic heterocycles. The molecule has 0 radical (unpaired) electrons. The number of hydrogen-bond acceptors (Lipinski definition) is 3. The molecule has 0 spiro atoms. The van der Waals surface area contributed by atoms with Crippen LogP contribution in [0.5, 0.6) is 0 Å². The monoisotopic (exact) mass is 321 g/mol. The molecule has 5 heteroatoms. The van der Waals surface area contributed by atoms with E-state index in [1.807, 2.05) is 30.0 Å². The Morgan fingerprint density at radius 2 is 2.05 bits per heavy atom. The van der Waals surface area contributed by atoms with Gasteiger partial charge in [0.15, 0.2) is 0 Å². The molecule has 0 bridgehead atoms. The number of piperazine rings is 1. The summed E-state index contributed by atoms with van der Waals surface area (Å²) >= 11 is 3.44. The van der Waals surface area contributed by atoms with Gasteiger partial charge in [-0.05, 0) is 30.7 Å². The lowest BCUT2D eigenvalue weighted by Crippen LogP contribution is -2.48. The van der Waals surface area contributed by atoms with E-state index in [-0.39, 0.29) is 5.91 Å². The molecular weight excluding hydrogens is 306 g/mol. The van der Waals surface area contributed by atoms with Crippen LogP contribution in [-0.4, -0.2) is 48.4 Å². The Balaban J connectivity index is 2.01. The SMILES string of the molecule is Cc1cc(C(=O)N2CCN(CC#N)CC2)ccc1Br. The zero-order valence-corrected chi connectivity index (χ0v) is 12.5. The number of nitriles is 1. The third-order valence-electron chi connectivity index (χ3n) is 3.36. The smallest absolute Gasteiger partial charge is 0.253 e. The van der Waals surface area contributed by atoms with Crippen molar-refractivity contribution >= 4 is 21.8 Å². The second kappa shape index (κ2) is 6.18. The molecule has 1 heterocycles. The molecule has 1 amide bonds. The maximum absolute atomic E-state index is 12.4. The average Bonchev–Trinajstić information content (AvgIpc) is 2.42. The minimum absolute atomic E-state index is 0.0761. The van der Waals surface area contributed by atoms with E-state index in [9.17, 15) is 4.79 Å². The fourth-order valence-corrected chi connectivity index (χ4v) is 2.42. The van der Waals surface area contributed by atoms with Gasteiger partial charge in [0.2, 0.25) is 0 Å². The minimum Gasteiger partial charge on any atom is -0.336 e. The number of benzene rings is 1. The molecule has 0 aliphatic carbocycles. The molecule has 1 aliphatic heterocycles. The second-order valence-electron chi connectivity index (χ2n) is 4.69. The summed E-state index contributed by atoms with van der Waals surface area (Å²) in [5.74, 6) is 0.0761. The van der Waals surface area contributed by atoms with Crippen LogP contribution in [0.3, 0.4) is 0 Å². The van der Waals surface area contributed by atoms with E-state index in [0.717, 1.165) is 28.7 Å². The van der Waals surface area contributed by atoms with E-state index < -0.39 is 0 Å². The van der Waals surface area contributed by atoms with Crippen LogP contribution in [-0.2, 0) is 0 Å². The van der Waals surface area contributed by atoms with E-state index in [1.54, 1.807) is 0 Å². The molecule has 1 fully saturated rings.